The fourth-order valence-electron chi connectivity index (χ4n) is 3.10. The number of thiophene rings is 1. The highest BCUT2D eigenvalue weighted by molar-refractivity contribution is 7.16. The van der Waals surface area contributed by atoms with Gasteiger partial charge in [0.05, 0.1) is 18.0 Å². The maximum atomic E-state index is 12.1. The SMILES string of the molecule is CCc1nc(N2CC(=O)NCC2c2ccccc2)c2ccsc2n1. The number of piperazine rings is 1. The van der Waals surface area contributed by atoms with Crippen LogP contribution in [-0.2, 0) is 11.2 Å². The normalized spacial score (nSPS) is 18.0. The van der Waals surface area contributed by atoms with E-state index in [9.17, 15) is 4.79 Å². The van der Waals surface area contributed by atoms with Crippen molar-refractivity contribution >= 4 is 33.3 Å². The van der Waals surface area contributed by atoms with Gasteiger partial charge in [0, 0.05) is 13.0 Å². The maximum absolute atomic E-state index is 12.1. The van der Waals surface area contributed by atoms with Crippen molar-refractivity contribution in [3.05, 3.63) is 53.2 Å². The number of carbonyl (C=O) groups excluding carboxylic acids is 1. The van der Waals surface area contributed by atoms with Gasteiger partial charge in [0.25, 0.3) is 0 Å². The van der Waals surface area contributed by atoms with Crippen molar-refractivity contribution in [3.8, 4) is 0 Å². The first-order chi connectivity index (χ1) is 11.8. The van der Waals surface area contributed by atoms with Crippen LogP contribution in [0.15, 0.2) is 41.8 Å². The van der Waals surface area contributed by atoms with Crippen LogP contribution in [-0.4, -0.2) is 29.0 Å². The Bertz CT molecular complexity index is 877. The third-order valence-electron chi connectivity index (χ3n) is 4.31. The molecule has 2 aromatic heterocycles. The van der Waals surface area contributed by atoms with Crippen LogP contribution < -0.4 is 10.2 Å². The van der Waals surface area contributed by atoms with Gasteiger partial charge in [0.2, 0.25) is 5.91 Å². The summed E-state index contributed by atoms with van der Waals surface area (Å²) in [6, 6.07) is 12.4. The number of hydrogen-bond donors (Lipinski definition) is 1. The molecular formula is C18H18N4OS. The van der Waals surface area contributed by atoms with Gasteiger partial charge >= 0.3 is 0 Å². The minimum atomic E-state index is 0.0298. The highest BCUT2D eigenvalue weighted by Gasteiger charge is 2.30. The van der Waals surface area contributed by atoms with Crippen molar-refractivity contribution in [1.82, 2.24) is 15.3 Å². The van der Waals surface area contributed by atoms with Crippen LogP contribution in [0.3, 0.4) is 0 Å². The number of aryl methyl sites for hydroxylation is 1. The zero-order valence-corrected chi connectivity index (χ0v) is 14.2. The number of benzene rings is 1. The molecule has 1 aromatic carbocycles. The van der Waals surface area contributed by atoms with Crippen molar-refractivity contribution in [2.75, 3.05) is 18.0 Å². The Hall–Kier alpha value is -2.47. The second kappa shape index (κ2) is 6.20. The first kappa shape index (κ1) is 15.1. The van der Waals surface area contributed by atoms with Crippen LogP contribution in [0.4, 0.5) is 5.82 Å². The molecule has 1 aliphatic heterocycles. The molecule has 0 saturated carbocycles. The number of fused-ring (bicyclic) bond motifs is 1. The Balaban J connectivity index is 1.85. The van der Waals surface area contributed by atoms with Gasteiger partial charge in [-0.05, 0) is 17.0 Å². The highest BCUT2D eigenvalue weighted by atomic mass is 32.1. The summed E-state index contributed by atoms with van der Waals surface area (Å²) >= 11 is 1.61. The standard InChI is InChI=1S/C18H18N4OS/c1-2-15-20-17(13-8-9-24-18(13)21-15)22-11-16(23)19-10-14(22)12-6-4-3-5-7-12/h3-9,14H,2,10-11H2,1H3,(H,19,23). The van der Waals surface area contributed by atoms with Gasteiger partial charge in [-0.25, -0.2) is 9.97 Å². The van der Waals surface area contributed by atoms with Gasteiger partial charge in [-0.2, -0.15) is 0 Å². The lowest BCUT2D eigenvalue weighted by atomic mass is 10.0. The number of nitrogens with one attached hydrogen (secondary N) is 1. The molecule has 0 radical (unpaired) electrons. The molecule has 1 aliphatic rings. The van der Waals surface area contributed by atoms with Crippen LogP contribution in [0, 0.1) is 0 Å². The quantitative estimate of drug-likeness (QED) is 0.798. The van der Waals surface area contributed by atoms with Gasteiger partial charge in [-0.3, -0.25) is 4.79 Å². The molecule has 3 aromatic rings. The number of amides is 1. The second-order valence-corrected chi connectivity index (χ2v) is 6.71. The molecule has 4 rings (SSSR count). The Kier molecular flexibility index (Phi) is 3.90. The molecule has 1 fully saturated rings. The van der Waals surface area contributed by atoms with Gasteiger partial charge < -0.3 is 10.2 Å². The van der Waals surface area contributed by atoms with E-state index in [0.717, 1.165) is 28.3 Å². The highest BCUT2D eigenvalue weighted by Crippen LogP contribution is 2.34. The van der Waals surface area contributed by atoms with E-state index in [1.54, 1.807) is 11.3 Å². The molecule has 1 atom stereocenters. The Morgan fingerprint density at radius 2 is 2.08 bits per heavy atom. The third-order valence-corrected chi connectivity index (χ3v) is 5.11. The second-order valence-electron chi connectivity index (χ2n) is 5.81. The van der Waals surface area contributed by atoms with Gasteiger partial charge in [-0.15, -0.1) is 11.3 Å². The van der Waals surface area contributed by atoms with E-state index in [2.05, 4.69) is 34.3 Å². The minimum Gasteiger partial charge on any atom is -0.352 e. The first-order valence-corrected chi connectivity index (χ1v) is 8.96. The number of aromatic nitrogens is 2. The molecule has 122 valence electrons. The van der Waals surface area contributed by atoms with Crippen LogP contribution in [0.5, 0.6) is 0 Å². The van der Waals surface area contributed by atoms with Gasteiger partial charge in [-0.1, -0.05) is 37.3 Å². The van der Waals surface area contributed by atoms with Crippen LogP contribution in [0.25, 0.3) is 10.2 Å². The van der Waals surface area contributed by atoms with Crippen molar-refractivity contribution in [2.45, 2.75) is 19.4 Å². The first-order valence-electron chi connectivity index (χ1n) is 8.08. The summed E-state index contributed by atoms with van der Waals surface area (Å²) in [5.74, 6) is 1.71. The third kappa shape index (κ3) is 2.63. The average Bonchev–Trinajstić information content (AvgIpc) is 3.10. The van der Waals surface area contributed by atoms with E-state index in [0.29, 0.717) is 13.1 Å². The molecule has 24 heavy (non-hydrogen) atoms. The lowest BCUT2D eigenvalue weighted by Gasteiger charge is -2.37. The topological polar surface area (TPSA) is 58.1 Å². The molecule has 3 heterocycles. The zero-order chi connectivity index (χ0) is 16.5. The van der Waals surface area contributed by atoms with Crippen molar-refractivity contribution in [1.29, 1.82) is 0 Å². The zero-order valence-electron chi connectivity index (χ0n) is 13.4. The van der Waals surface area contributed by atoms with Gasteiger partial charge in [0.1, 0.15) is 16.5 Å². The van der Waals surface area contributed by atoms with Gasteiger partial charge in [0.15, 0.2) is 0 Å². The number of carbonyl (C=O) groups is 1. The molecule has 1 unspecified atom stereocenters. The van der Waals surface area contributed by atoms with Crippen LogP contribution in [0.2, 0.25) is 0 Å². The Morgan fingerprint density at radius 3 is 2.88 bits per heavy atom. The van der Waals surface area contributed by atoms with Crippen molar-refractivity contribution in [3.63, 3.8) is 0 Å². The predicted octanol–water partition coefficient (Wildman–Crippen LogP) is 2.93. The fourth-order valence-corrected chi connectivity index (χ4v) is 3.87. The summed E-state index contributed by atoms with van der Waals surface area (Å²) in [6.07, 6.45) is 0.775. The molecule has 6 heteroatoms. The summed E-state index contributed by atoms with van der Waals surface area (Å²) in [6.45, 7) is 2.95. The summed E-state index contributed by atoms with van der Waals surface area (Å²) in [5, 5.41) is 6.03. The molecule has 5 nitrogen and oxygen atoms in total. The lowest BCUT2D eigenvalue weighted by Crippen LogP contribution is -2.50. The predicted molar refractivity (Wildman–Crippen MR) is 96.3 cm³/mol. The number of nitrogens with zero attached hydrogens (tertiary/aromatic N) is 3. The van der Waals surface area contributed by atoms with E-state index in [1.165, 1.54) is 5.56 Å². The number of rotatable bonds is 3. The van der Waals surface area contributed by atoms with E-state index in [-0.39, 0.29) is 11.9 Å². The maximum Gasteiger partial charge on any atom is 0.239 e. The van der Waals surface area contributed by atoms with E-state index < -0.39 is 0 Å². The monoisotopic (exact) mass is 338 g/mol. The van der Waals surface area contributed by atoms with Crippen molar-refractivity contribution < 1.29 is 4.79 Å². The smallest absolute Gasteiger partial charge is 0.239 e. The van der Waals surface area contributed by atoms with E-state index >= 15 is 0 Å². The molecule has 0 spiro atoms. The van der Waals surface area contributed by atoms with E-state index in [4.69, 9.17) is 4.98 Å². The Labute approximate surface area is 144 Å². The number of hydrogen-bond acceptors (Lipinski definition) is 5. The Morgan fingerprint density at radius 1 is 1.25 bits per heavy atom. The summed E-state index contributed by atoms with van der Waals surface area (Å²) in [5.41, 5.74) is 1.18. The summed E-state index contributed by atoms with van der Waals surface area (Å²) in [4.78, 5) is 24.5. The van der Waals surface area contributed by atoms with Crippen LogP contribution >= 0.6 is 11.3 Å². The van der Waals surface area contributed by atoms with Crippen LogP contribution in [0.1, 0.15) is 24.4 Å². The lowest BCUT2D eigenvalue weighted by molar-refractivity contribution is -0.120. The summed E-state index contributed by atoms with van der Waals surface area (Å²) in [7, 11) is 0. The fraction of sp³-hybridized carbons (Fsp3) is 0.278. The molecule has 0 bridgehead atoms. The largest absolute Gasteiger partial charge is 0.352 e. The minimum absolute atomic E-state index is 0.0298. The molecule has 0 aliphatic carbocycles. The molecule has 1 amide bonds. The molecule has 1 saturated heterocycles. The number of anilines is 1. The molecular weight excluding hydrogens is 320 g/mol. The summed E-state index contributed by atoms with van der Waals surface area (Å²) < 4.78 is 0. The van der Waals surface area contributed by atoms with Crippen molar-refractivity contribution in [2.24, 2.45) is 0 Å². The average molecular weight is 338 g/mol. The molecule has 1 N–H and O–H groups in total. The van der Waals surface area contributed by atoms with E-state index in [1.807, 2.05) is 29.6 Å².